The Bertz CT molecular complexity index is 479. The third kappa shape index (κ3) is 4.11. The van der Waals surface area contributed by atoms with Crippen LogP contribution in [0.3, 0.4) is 0 Å². The van der Waals surface area contributed by atoms with Gasteiger partial charge < -0.3 is 4.74 Å². The Morgan fingerprint density at radius 1 is 1.09 bits per heavy atom. The summed E-state index contributed by atoms with van der Waals surface area (Å²) in [6, 6.07) is 9.65. The van der Waals surface area contributed by atoms with Crippen molar-refractivity contribution < 1.29 is 4.74 Å². The topological polar surface area (TPSA) is 12.5 Å². The van der Waals surface area contributed by atoms with E-state index in [-0.39, 0.29) is 5.41 Å². The van der Waals surface area contributed by atoms with Crippen molar-refractivity contribution in [3.8, 4) is 0 Å². The van der Waals surface area contributed by atoms with Crippen molar-refractivity contribution in [3.63, 3.8) is 0 Å². The highest BCUT2D eigenvalue weighted by Crippen LogP contribution is 2.33. The van der Waals surface area contributed by atoms with E-state index in [9.17, 15) is 0 Å². The predicted octanol–water partition coefficient (Wildman–Crippen LogP) is 4.79. The predicted molar refractivity (Wildman–Crippen MR) is 94.3 cm³/mol. The summed E-state index contributed by atoms with van der Waals surface area (Å²) >= 11 is 0. The van der Waals surface area contributed by atoms with Crippen LogP contribution >= 0.6 is 0 Å². The number of rotatable bonds is 3. The van der Waals surface area contributed by atoms with Crippen LogP contribution in [0.5, 0.6) is 0 Å². The lowest BCUT2D eigenvalue weighted by atomic mass is 9.84. The summed E-state index contributed by atoms with van der Waals surface area (Å²) in [5.41, 5.74) is 3.07. The Morgan fingerprint density at radius 3 is 2.18 bits per heavy atom. The SMILES string of the molecule is CC(C)C(c1cccc(C(C)(C)C)c1)N1C[C@@H](C)O[C@@H](C)C1. The maximum atomic E-state index is 5.92. The van der Waals surface area contributed by atoms with E-state index in [0.29, 0.717) is 24.2 Å². The average molecular weight is 303 g/mol. The van der Waals surface area contributed by atoms with Gasteiger partial charge in [-0.3, -0.25) is 4.90 Å². The minimum atomic E-state index is 0.198. The number of benzene rings is 1. The molecule has 1 aliphatic heterocycles. The average Bonchev–Trinajstić information content (AvgIpc) is 2.36. The second-order valence-electron chi connectivity index (χ2n) is 8.28. The smallest absolute Gasteiger partial charge is 0.0678 e. The summed E-state index contributed by atoms with van der Waals surface area (Å²) in [4.78, 5) is 2.62. The fourth-order valence-corrected chi connectivity index (χ4v) is 3.65. The lowest BCUT2D eigenvalue weighted by Crippen LogP contribution is -2.48. The van der Waals surface area contributed by atoms with E-state index in [4.69, 9.17) is 4.74 Å². The maximum absolute atomic E-state index is 5.92. The first-order valence-electron chi connectivity index (χ1n) is 8.68. The first-order valence-corrected chi connectivity index (χ1v) is 8.68. The Morgan fingerprint density at radius 2 is 1.68 bits per heavy atom. The molecule has 0 bridgehead atoms. The number of nitrogens with zero attached hydrogens (tertiary/aromatic N) is 1. The van der Waals surface area contributed by atoms with E-state index in [1.54, 1.807) is 0 Å². The van der Waals surface area contributed by atoms with E-state index < -0.39 is 0 Å². The van der Waals surface area contributed by atoms with Gasteiger partial charge in [-0.25, -0.2) is 0 Å². The van der Waals surface area contributed by atoms with Gasteiger partial charge in [0.05, 0.1) is 12.2 Å². The molecule has 0 saturated carbocycles. The van der Waals surface area contributed by atoms with Crippen LogP contribution in [-0.4, -0.2) is 30.2 Å². The van der Waals surface area contributed by atoms with Gasteiger partial charge in [0, 0.05) is 19.1 Å². The zero-order chi connectivity index (χ0) is 16.5. The molecule has 1 aromatic rings. The molecule has 0 N–H and O–H groups in total. The summed E-state index contributed by atoms with van der Waals surface area (Å²) in [6.45, 7) is 17.9. The van der Waals surface area contributed by atoms with Crippen LogP contribution in [0.4, 0.5) is 0 Å². The summed E-state index contributed by atoms with van der Waals surface area (Å²) in [5.74, 6) is 0.590. The molecule has 124 valence electrons. The van der Waals surface area contributed by atoms with Gasteiger partial charge in [0.15, 0.2) is 0 Å². The lowest BCUT2D eigenvalue weighted by molar-refractivity contribution is -0.0862. The van der Waals surface area contributed by atoms with Gasteiger partial charge in [-0.1, -0.05) is 58.9 Å². The van der Waals surface area contributed by atoms with Gasteiger partial charge >= 0.3 is 0 Å². The first-order chi connectivity index (χ1) is 10.2. The lowest BCUT2D eigenvalue weighted by Gasteiger charge is -2.42. The van der Waals surface area contributed by atoms with Crippen LogP contribution in [0.15, 0.2) is 24.3 Å². The minimum absolute atomic E-state index is 0.198. The fraction of sp³-hybridized carbons (Fsp3) is 0.700. The van der Waals surface area contributed by atoms with Crippen molar-refractivity contribution in [2.24, 2.45) is 5.92 Å². The first kappa shape index (κ1) is 17.5. The molecule has 2 nitrogen and oxygen atoms in total. The van der Waals surface area contributed by atoms with Gasteiger partial charge in [0.1, 0.15) is 0 Å². The van der Waals surface area contributed by atoms with E-state index in [2.05, 4.69) is 77.6 Å². The van der Waals surface area contributed by atoms with Gasteiger partial charge in [0.2, 0.25) is 0 Å². The molecule has 2 heteroatoms. The third-order valence-electron chi connectivity index (χ3n) is 4.57. The molecular weight excluding hydrogens is 270 g/mol. The van der Waals surface area contributed by atoms with Crippen LogP contribution < -0.4 is 0 Å². The Kier molecular flexibility index (Phi) is 5.34. The molecule has 3 atom stereocenters. The van der Waals surface area contributed by atoms with Crippen LogP contribution in [0.2, 0.25) is 0 Å². The molecular formula is C20H33NO. The second kappa shape index (κ2) is 6.72. The zero-order valence-corrected chi connectivity index (χ0v) is 15.4. The summed E-state index contributed by atoms with van der Waals surface area (Å²) in [5, 5.41) is 0. The molecule has 0 radical (unpaired) electrons. The van der Waals surface area contributed by atoms with Gasteiger partial charge in [0.25, 0.3) is 0 Å². The van der Waals surface area contributed by atoms with Crippen molar-refractivity contribution in [2.45, 2.75) is 72.1 Å². The summed E-state index contributed by atoms with van der Waals surface area (Å²) in [7, 11) is 0. The highest BCUT2D eigenvalue weighted by Gasteiger charge is 2.31. The molecule has 1 saturated heterocycles. The van der Waals surface area contributed by atoms with Gasteiger partial charge in [-0.2, -0.15) is 0 Å². The summed E-state index contributed by atoms with van der Waals surface area (Å²) < 4.78 is 5.92. The Balaban J connectivity index is 2.32. The Hall–Kier alpha value is -0.860. The quantitative estimate of drug-likeness (QED) is 0.796. The van der Waals surface area contributed by atoms with Crippen molar-refractivity contribution in [1.82, 2.24) is 4.90 Å². The van der Waals surface area contributed by atoms with Crippen molar-refractivity contribution >= 4 is 0 Å². The van der Waals surface area contributed by atoms with Gasteiger partial charge in [-0.05, 0) is 36.3 Å². The standard InChI is InChI=1S/C20H33NO/c1-14(2)19(21-12-15(3)22-16(4)13-21)17-9-8-10-18(11-17)20(5,6)7/h8-11,14-16,19H,12-13H2,1-7H3/t15-,16+,19?. The Labute approximate surface area is 136 Å². The zero-order valence-electron chi connectivity index (χ0n) is 15.4. The number of ether oxygens (including phenoxy) is 1. The van der Waals surface area contributed by atoms with E-state index >= 15 is 0 Å². The van der Waals surface area contributed by atoms with Crippen molar-refractivity contribution in [3.05, 3.63) is 35.4 Å². The van der Waals surface area contributed by atoms with Gasteiger partial charge in [-0.15, -0.1) is 0 Å². The molecule has 1 aliphatic rings. The number of hydrogen-bond acceptors (Lipinski definition) is 2. The fourth-order valence-electron chi connectivity index (χ4n) is 3.65. The van der Waals surface area contributed by atoms with E-state index in [1.165, 1.54) is 11.1 Å². The molecule has 0 aromatic heterocycles. The monoisotopic (exact) mass is 303 g/mol. The highest BCUT2D eigenvalue weighted by atomic mass is 16.5. The van der Waals surface area contributed by atoms with Crippen LogP contribution in [-0.2, 0) is 10.2 Å². The molecule has 0 amide bonds. The molecule has 1 fully saturated rings. The third-order valence-corrected chi connectivity index (χ3v) is 4.57. The molecule has 1 aromatic carbocycles. The van der Waals surface area contributed by atoms with Crippen LogP contribution in [0.25, 0.3) is 0 Å². The molecule has 0 spiro atoms. The van der Waals surface area contributed by atoms with Crippen LogP contribution in [0, 0.1) is 5.92 Å². The van der Waals surface area contributed by atoms with Crippen LogP contribution in [0.1, 0.15) is 65.6 Å². The number of hydrogen-bond donors (Lipinski definition) is 0. The van der Waals surface area contributed by atoms with Crippen molar-refractivity contribution in [1.29, 1.82) is 0 Å². The number of morpholine rings is 1. The van der Waals surface area contributed by atoms with E-state index in [0.717, 1.165) is 13.1 Å². The van der Waals surface area contributed by atoms with Crippen molar-refractivity contribution in [2.75, 3.05) is 13.1 Å². The normalized spacial score (nSPS) is 25.5. The van der Waals surface area contributed by atoms with E-state index in [1.807, 2.05) is 0 Å². The molecule has 22 heavy (non-hydrogen) atoms. The molecule has 1 heterocycles. The second-order valence-corrected chi connectivity index (χ2v) is 8.28. The molecule has 2 rings (SSSR count). The maximum Gasteiger partial charge on any atom is 0.0678 e. The highest BCUT2D eigenvalue weighted by molar-refractivity contribution is 5.31. The summed E-state index contributed by atoms with van der Waals surface area (Å²) in [6.07, 6.45) is 0.631. The molecule has 1 unspecified atom stereocenters. The molecule has 0 aliphatic carbocycles. The minimum Gasteiger partial charge on any atom is -0.373 e. The largest absolute Gasteiger partial charge is 0.373 e.